The fraction of sp³-hybridized carbons (Fsp3) is 0.290. The summed E-state index contributed by atoms with van der Waals surface area (Å²) in [7, 11) is 0. The molecule has 9 heteroatoms. The summed E-state index contributed by atoms with van der Waals surface area (Å²) >= 11 is 0. The van der Waals surface area contributed by atoms with E-state index < -0.39 is 23.5 Å². The quantitative estimate of drug-likeness (QED) is 0.257. The van der Waals surface area contributed by atoms with Gasteiger partial charge in [-0.15, -0.1) is 0 Å². The summed E-state index contributed by atoms with van der Waals surface area (Å²) < 4.78 is 55.5. The van der Waals surface area contributed by atoms with Crippen molar-refractivity contribution in [3.8, 4) is 11.1 Å². The van der Waals surface area contributed by atoms with Crippen LogP contribution in [0.3, 0.4) is 0 Å². The van der Waals surface area contributed by atoms with Crippen LogP contribution < -0.4 is 5.32 Å². The van der Waals surface area contributed by atoms with E-state index in [-0.39, 0.29) is 29.8 Å². The lowest BCUT2D eigenvalue weighted by Gasteiger charge is -2.56. The van der Waals surface area contributed by atoms with E-state index in [2.05, 4.69) is 5.32 Å². The monoisotopic (exact) mass is 550 g/mol. The molecule has 0 unspecified atom stereocenters. The van der Waals surface area contributed by atoms with Gasteiger partial charge in [-0.2, -0.15) is 13.2 Å². The summed E-state index contributed by atoms with van der Waals surface area (Å²) in [4.78, 5) is 24.8. The normalized spacial score (nSPS) is 22.1. The first kappa shape index (κ1) is 26.1. The highest BCUT2D eigenvalue weighted by atomic mass is 19.4. The van der Waals surface area contributed by atoms with Crippen LogP contribution in [0.1, 0.15) is 47.2 Å². The predicted octanol–water partition coefficient (Wildman–Crippen LogP) is 6.89. The van der Waals surface area contributed by atoms with Gasteiger partial charge in [-0.3, -0.25) is 9.59 Å². The molecule has 2 fully saturated rings. The number of alkyl halides is 3. The SMILES string of the molecule is O=C(NC1CC2(C1)CC(C(=O)O)C2)c1cc(-c2ccccc2F)cc2ccn(Cc3ccc(C(F)(F)F)cc3)c12. The fourth-order valence-corrected chi connectivity index (χ4v) is 6.35. The number of nitrogens with one attached hydrogen (secondary N) is 1. The highest BCUT2D eigenvalue weighted by Gasteiger charge is 2.55. The third kappa shape index (κ3) is 4.74. The smallest absolute Gasteiger partial charge is 0.416 e. The van der Waals surface area contributed by atoms with Crippen LogP contribution in [0.25, 0.3) is 22.0 Å². The number of hydrogen-bond acceptors (Lipinski definition) is 2. The maximum absolute atomic E-state index is 14.7. The third-order valence-corrected chi connectivity index (χ3v) is 8.33. The molecule has 1 spiro atoms. The third-order valence-electron chi connectivity index (χ3n) is 8.33. The average Bonchev–Trinajstić information content (AvgIpc) is 3.26. The van der Waals surface area contributed by atoms with Gasteiger partial charge in [0.2, 0.25) is 0 Å². The lowest BCUT2D eigenvalue weighted by molar-refractivity contribution is -0.155. The number of benzene rings is 3. The van der Waals surface area contributed by atoms with Gasteiger partial charge in [-0.05, 0) is 78.6 Å². The van der Waals surface area contributed by atoms with Crippen LogP contribution in [0.15, 0.2) is 72.9 Å². The standard InChI is InChI=1S/C31H26F4N2O3/c32-26-4-2-1-3-24(26)20-11-19-9-10-37(17-18-5-7-22(8-6-18)31(33,34)35)27(19)25(12-20)28(38)36-23-15-30(16-23)13-21(14-30)29(39)40/h1-12,21,23H,13-17H2,(H,36,38)(H,39,40). The molecule has 0 bridgehead atoms. The van der Waals surface area contributed by atoms with E-state index in [4.69, 9.17) is 0 Å². The largest absolute Gasteiger partial charge is 0.481 e. The molecule has 206 valence electrons. The Morgan fingerprint density at radius 2 is 1.68 bits per heavy atom. The molecular formula is C31H26F4N2O3. The number of rotatable bonds is 6. The molecule has 3 aromatic carbocycles. The van der Waals surface area contributed by atoms with Crippen LogP contribution in [-0.2, 0) is 17.5 Å². The molecule has 4 aromatic rings. The van der Waals surface area contributed by atoms with Crippen LogP contribution in [0.2, 0.25) is 0 Å². The van der Waals surface area contributed by atoms with Crippen molar-refractivity contribution < 1.29 is 32.3 Å². The Balaban J connectivity index is 1.31. The minimum absolute atomic E-state index is 0.0197. The van der Waals surface area contributed by atoms with Crippen molar-refractivity contribution in [2.45, 2.75) is 44.4 Å². The molecule has 1 aromatic heterocycles. The molecule has 0 radical (unpaired) electrons. The Kier molecular flexibility index (Phi) is 6.20. The van der Waals surface area contributed by atoms with Crippen molar-refractivity contribution in [2.75, 3.05) is 0 Å². The zero-order chi connectivity index (χ0) is 28.2. The summed E-state index contributed by atoms with van der Waals surface area (Å²) in [6.45, 7) is 0.240. The number of carbonyl (C=O) groups is 2. The second kappa shape index (κ2) is 9.50. The number of hydrogen-bond donors (Lipinski definition) is 2. The molecule has 2 aliphatic carbocycles. The Morgan fingerprint density at radius 1 is 0.975 bits per heavy atom. The molecule has 40 heavy (non-hydrogen) atoms. The first-order valence-electron chi connectivity index (χ1n) is 13.1. The Morgan fingerprint density at radius 3 is 2.33 bits per heavy atom. The highest BCUT2D eigenvalue weighted by molar-refractivity contribution is 6.08. The Bertz CT molecular complexity index is 1610. The highest BCUT2D eigenvalue weighted by Crippen LogP contribution is 2.58. The number of aromatic nitrogens is 1. The second-order valence-electron chi connectivity index (χ2n) is 11.1. The van der Waals surface area contributed by atoms with Gasteiger partial charge in [0.15, 0.2) is 0 Å². The van der Waals surface area contributed by atoms with Gasteiger partial charge in [-0.1, -0.05) is 30.3 Å². The van der Waals surface area contributed by atoms with Gasteiger partial charge in [0.25, 0.3) is 5.91 Å². The zero-order valence-electron chi connectivity index (χ0n) is 21.3. The molecule has 1 heterocycles. The van der Waals surface area contributed by atoms with Crippen molar-refractivity contribution in [3.05, 3.63) is 95.4 Å². The number of carboxylic acids is 1. The minimum atomic E-state index is -4.43. The minimum Gasteiger partial charge on any atom is -0.481 e. The van der Waals surface area contributed by atoms with E-state index in [1.807, 2.05) is 4.57 Å². The lowest BCUT2D eigenvalue weighted by Crippen LogP contribution is -2.57. The van der Waals surface area contributed by atoms with Gasteiger partial charge in [0, 0.05) is 29.7 Å². The van der Waals surface area contributed by atoms with Crippen LogP contribution in [-0.4, -0.2) is 27.6 Å². The fourth-order valence-electron chi connectivity index (χ4n) is 6.35. The number of nitrogens with zero attached hydrogens (tertiary/aromatic N) is 1. The van der Waals surface area contributed by atoms with E-state index >= 15 is 0 Å². The number of aliphatic carboxylic acids is 1. The van der Waals surface area contributed by atoms with Gasteiger partial charge >= 0.3 is 12.1 Å². The molecule has 0 saturated heterocycles. The Hall–Kier alpha value is -4.14. The van der Waals surface area contributed by atoms with Gasteiger partial charge in [-0.25, -0.2) is 4.39 Å². The van der Waals surface area contributed by atoms with E-state index in [0.29, 0.717) is 58.8 Å². The van der Waals surface area contributed by atoms with Crippen LogP contribution in [0.5, 0.6) is 0 Å². The van der Waals surface area contributed by atoms with Crippen molar-refractivity contribution >= 4 is 22.8 Å². The number of halogens is 4. The summed E-state index contributed by atoms with van der Waals surface area (Å²) in [6.07, 6.45) is 0.00994. The molecule has 6 rings (SSSR count). The van der Waals surface area contributed by atoms with E-state index in [9.17, 15) is 32.3 Å². The molecule has 0 aliphatic heterocycles. The maximum Gasteiger partial charge on any atom is 0.416 e. The van der Waals surface area contributed by atoms with E-state index in [1.54, 1.807) is 42.6 Å². The molecule has 2 aliphatic rings. The van der Waals surface area contributed by atoms with Crippen LogP contribution in [0.4, 0.5) is 17.6 Å². The number of amides is 1. The maximum atomic E-state index is 14.7. The van der Waals surface area contributed by atoms with Gasteiger partial charge in [0.05, 0.1) is 22.6 Å². The topological polar surface area (TPSA) is 71.3 Å². The summed E-state index contributed by atoms with van der Waals surface area (Å²) in [5.41, 5.74) is 1.71. The molecular weight excluding hydrogens is 524 g/mol. The number of fused-ring (bicyclic) bond motifs is 1. The number of carboxylic acid groups (broad SMARTS) is 1. The molecule has 2 saturated carbocycles. The lowest BCUT2D eigenvalue weighted by atomic mass is 9.50. The predicted molar refractivity (Wildman–Crippen MR) is 141 cm³/mol. The van der Waals surface area contributed by atoms with E-state index in [1.165, 1.54) is 18.2 Å². The summed E-state index contributed by atoms with van der Waals surface area (Å²) in [6, 6.07) is 16.4. The zero-order valence-corrected chi connectivity index (χ0v) is 21.3. The van der Waals surface area contributed by atoms with E-state index in [0.717, 1.165) is 12.1 Å². The van der Waals surface area contributed by atoms with Gasteiger partial charge < -0.3 is 15.0 Å². The Labute approximate surface area is 227 Å². The average molecular weight is 551 g/mol. The van der Waals surface area contributed by atoms with Gasteiger partial charge in [0.1, 0.15) is 5.82 Å². The summed E-state index contributed by atoms with van der Waals surface area (Å²) in [5.74, 6) is -1.85. The van der Waals surface area contributed by atoms with Crippen molar-refractivity contribution in [2.24, 2.45) is 11.3 Å². The van der Waals surface area contributed by atoms with Crippen LogP contribution >= 0.6 is 0 Å². The molecule has 5 nitrogen and oxygen atoms in total. The number of carbonyl (C=O) groups excluding carboxylic acids is 1. The second-order valence-corrected chi connectivity index (χ2v) is 11.1. The summed E-state index contributed by atoms with van der Waals surface area (Å²) in [5, 5.41) is 13.0. The van der Waals surface area contributed by atoms with Crippen LogP contribution in [0, 0.1) is 17.2 Å². The van der Waals surface area contributed by atoms with Crippen molar-refractivity contribution in [1.82, 2.24) is 9.88 Å². The van der Waals surface area contributed by atoms with Crippen molar-refractivity contribution in [1.29, 1.82) is 0 Å². The molecule has 1 amide bonds. The first-order valence-corrected chi connectivity index (χ1v) is 13.1. The molecule has 0 atom stereocenters. The molecule has 2 N–H and O–H groups in total. The van der Waals surface area contributed by atoms with Crippen molar-refractivity contribution in [3.63, 3.8) is 0 Å². The first-order chi connectivity index (χ1) is 19.0.